The number of likely N-dealkylation sites (tertiary alicyclic amines) is 1. The van der Waals surface area contributed by atoms with Crippen LogP contribution in [0.5, 0.6) is 5.75 Å². The quantitative estimate of drug-likeness (QED) is 0.0308. The van der Waals surface area contributed by atoms with Crippen molar-refractivity contribution in [2.24, 2.45) is 28.1 Å². The molecule has 2 heterocycles. The third kappa shape index (κ3) is 19.9. The average molecular weight is 1000 g/mol. The molecular formula is C46H65F3N12O10. The Labute approximate surface area is 408 Å². The summed E-state index contributed by atoms with van der Waals surface area (Å²) in [6.07, 6.45) is -0.325. The molecule has 0 aliphatic carbocycles. The number of carboxylic acid groups (broad SMARTS) is 1. The molecule has 25 heteroatoms. The zero-order valence-corrected chi connectivity index (χ0v) is 39.7. The number of alkyl halides is 3. The maximum atomic E-state index is 14.5. The van der Waals surface area contributed by atoms with E-state index in [2.05, 4.69) is 36.6 Å². The van der Waals surface area contributed by atoms with Gasteiger partial charge < -0.3 is 68.6 Å². The maximum absolute atomic E-state index is 14.5. The van der Waals surface area contributed by atoms with Crippen molar-refractivity contribution in [3.8, 4) is 5.75 Å². The highest BCUT2D eigenvalue weighted by atomic mass is 19.4. The van der Waals surface area contributed by atoms with Crippen LogP contribution in [0.4, 0.5) is 13.2 Å². The number of nitrogens with two attached hydrogens (primary N) is 3. The number of amides is 6. The van der Waals surface area contributed by atoms with Gasteiger partial charge in [0.1, 0.15) is 42.0 Å². The summed E-state index contributed by atoms with van der Waals surface area (Å²) in [7, 11) is 0. The molecule has 0 bridgehead atoms. The van der Waals surface area contributed by atoms with Gasteiger partial charge in [0.15, 0.2) is 5.96 Å². The zero-order valence-electron chi connectivity index (χ0n) is 39.7. The Kier molecular flexibility index (Phi) is 23.2. The summed E-state index contributed by atoms with van der Waals surface area (Å²) in [5.41, 5.74) is 18.8. The second-order valence-corrected chi connectivity index (χ2v) is 17.1. The molecule has 390 valence electrons. The Hall–Kier alpha value is -7.28. The number of benzene rings is 2. The lowest BCUT2D eigenvalue weighted by molar-refractivity contribution is -0.192. The average Bonchev–Trinajstić information content (AvgIpc) is 3.99. The molecule has 2 aromatic carbocycles. The minimum absolute atomic E-state index is 0.0132. The van der Waals surface area contributed by atoms with Gasteiger partial charge in [-0.05, 0) is 68.2 Å². The summed E-state index contributed by atoms with van der Waals surface area (Å²) < 4.78 is 33.6. The molecule has 4 rings (SSSR count). The lowest BCUT2D eigenvalue weighted by atomic mass is 10.0. The van der Waals surface area contributed by atoms with Crippen LogP contribution in [0.25, 0.3) is 0 Å². The van der Waals surface area contributed by atoms with Gasteiger partial charge >= 0.3 is 12.1 Å². The number of rotatable bonds is 24. The summed E-state index contributed by atoms with van der Waals surface area (Å²) >= 11 is 0. The minimum Gasteiger partial charge on any atom is -0.508 e. The molecule has 3 aromatic rings. The van der Waals surface area contributed by atoms with Crippen molar-refractivity contribution in [2.75, 3.05) is 26.2 Å². The number of hydrogen-bond acceptors (Lipinski definition) is 12. The number of carbonyl (C=O) groups is 7. The highest BCUT2D eigenvalue weighted by Gasteiger charge is 2.40. The Balaban J connectivity index is 0.00000176. The van der Waals surface area contributed by atoms with E-state index >= 15 is 0 Å². The first kappa shape index (κ1) is 58.0. The van der Waals surface area contributed by atoms with Crippen LogP contribution in [0.2, 0.25) is 0 Å². The van der Waals surface area contributed by atoms with Gasteiger partial charge in [-0.25, -0.2) is 9.78 Å². The van der Waals surface area contributed by atoms with E-state index in [9.17, 15) is 52.2 Å². The van der Waals surface area contributed by atoms with Gasteiger partial charge in [-0.3, -0.25) is 33.8 Å². The Bertz CT molecular complexity index is 2260. The number of imidazole rings is 1. The van der Waals surface area contributed by atoms with Crippen molar-refractivity contribution in [3.05, 3.63) is 83.9 Å². The molecular weight excluding hydrogens is 938 g/mol. The number of nitrogens with one attached hydrogen (secondary N) is 5. The summed E-state index contributed by atoms with van der Waals surface area (Å²) in [4.78, 5) is 102. The normalized spacial score (nSPS) is 15.4. The first-order valence-corrected chi connectivity index (χ1v) is 22.9. The number of carboxylic acids is 1. The summed E-state index contributed by atoms with van der Waals surface area (Å²) in [6.45, 7) is 6.17. The van der Waals surface area contributed by atoms with Crippen LogP contribution in [-0.4, -0.2) is 146 Å². The number of aromatic hydroxyl groups is 1. The molecule has 6 atom stereocenters. The molecule has 1 aliphatic rings. The number of phenolic OH excluding ortho intramolecular Hbond substituents is 1. The van der Waals surface area contributed by atoms with Gasteiger partial charge in [0.05, 0.1) is 18.6 Å². The van der Waals surface area contributed by atoms with E-state index in [0.717, 1.165) is 5.56 Å². The van der Waals surface area contributed by atoms with Crippen LogP contribution in [-0.2, 0) is 52.9 Å². The SMILES string of the molecule is CCNC(=O)[C@@H]1CCCN1C(=O)[C@H](CCCN=C(N)N)NC(=O)[C@H](CC(C)C)NC(=O)[C@@H](Cc1cn(Cc2ccccc2)cn1)NC(=O)[C@H](Cc1ccc(O)cc1)NC(=O)[C@@H](N)CO.O=C(O)C(F)(F)F. The fourth-order valence-electron chi connectivity index (χ4n) is 7.33. The minimum atomic E-state index is -5.08. The summed E-state index contributed by atoms with van der Waals surface area (Å²) in [5.74, 6) is -6.78. The van der Waals surface area contributed by atoms with Gasteiger partial charge in [0.2, 0.25) is 35.4 Å². The van der Waals surface area contributed by atoms with E-state index in [1.165, 1.54) is 17.0 Å². The predicted molar refractivity (Wildman–Crippen MR) is 253 cm³/mol. The molecule has 0 saturated carbocycles. The van der Waals surface area contributed by atoms with Crippen molar-refractivity contribution in [1.29, 1.82) is 0 Å². The number of phenols is 1. The number of aliphatic imine (C=N–C) groups is 1. The van der Waals surface area contributed by atoms with E-state index in [1.54, 1.807) is 31.6 Å². The first-order chi connectivity index (χ1) is 33.5. The number of halogens is 3. The number of aliphatic hydroxyl groups is 1. The monoisotopic (exact) mass is 1000 g/mol. The molecule has 6 amide bonds. The van der Waals surface area contributed by atoms with Crippen LogP contribution in [0.15, 0.2) is 72.1 Å². The van der Waals surface area contributed by atoms with Crippen molar-refractivity contribution in [1.82, 2.24) is 41.0 Å². The fourth-order valence-corrected chi connectivity index (χ4v) is 7.33. The van der Waals surface area contributed by atoms with Gasteiger partial charge in [-0.2, -0.15) is 13.2 Å². The predicted octanol–water partition coefficient (Wildman–Crippen LogP) is -0.459. The maximum Gasteiger partial charge on any atom is 0.490 e. The third-order valence-electron chi connectivity index (χ3n) is 10.8. The number of aromatic nitrogens is 2. The molecule has 0 spiro atoms. The molecule has 1 aliphatic heterocycles. The topological polar surface area (TPSA) is 352 Å². The van der Waals surface area contributed by atoms with E-state index in [1.807, 2.05) is 48.7 Å². The molecule has 0 unspecified atom stereocenters. The van der Waals surface area contributed by atoms with Crippen LogP contribution in [0.3, 0.4) is 0 Å². The molecule has 71 heavy (non-hydrogen) atoms. The Morgan fingerprint density at radius 3 is 2.00 bits per heavy atom. The highest BCUT2D eigenvalue weighted by Crippen LogP contribution is 2.21. The van der Waals surface area contributed by atoms with E-state index < -0.39 is 84.5 Å². The van der Waals surface area contributed by atoms with E-state index in [-0.39, 0.29) is 55.8 Å². The number of carbonyl (C=O) groups excluding carboxylic acids is 6. The highest BCUT2D eigenvalue weighted by molar-refractivity contribution is 5.97. The second kappa shape index (κ2) is 28.4. The van der Waals surface area contributed by atoms with E-state index in [4.69, 9.17) is 27.1 Å². The molecule has 1 saturated heterocycles. The van der Waals surface area contributed by atoms with Crippen LogP contribution < -0.4 is 43.8 Å². The lowest BCUT2D eigenvalue weighted by Gasteiger charge is -2.30. The first-order valence-electron chi connectivity index (χ1n) is 22.9. The fraction of sp³-hybridized carbons (Fsp3) is 0.500. The largest absolute Gasteiger partial charge is 0.508 e. The zero-order chi connectivity index (χ0) is 52.8. The number of nitrogens with zero attached hydrogens (tertiary/aromatic N) is 4. The molecule has 22 nitrogen and oxygen atoms in total. The molecule has 0 radical (unpaired) electrons. The van der Waals surface area contributed by atoms with Crippen molar-refractivity contribution in [3.63, 3.8) is 0 Å². The molecule has 14 N–H and O–H groups in total. The standard InChI is InChI=1S/C44H64N12O8.C2HF3O2/c1-4-48-42(63)37-13-9-19-56(37)43(64)33(12-8-18-49-44(46)47)51-39(60)34(20-27(2)3)53-41(62)36(22-30-24-55(26-50-30)23-29-10-6-5-7-11-29)54-40(61)35(52-38(59)32(45)25-57)21-28-14-16-31(58)17-15-28;3-2(4,5)1(6)7/h5-7,10-11,14-17,24,26-27,32-37,57-58H,4,8-9,12-13,18-23,25,45H2,1-3H3,(H,48,63)(H,51,60)(H,52,59)(H,53,62)(H,54,61)(H4,46,47,49);(H,6,7)/t32-,33-,34-,35-,36+,37-;/m0./s1. The van der Waals surface area contributed by atoms with Gasteiger partial charge in [-0.1, -0.05) is 56.3 Å². The van der Waals surface area contributed by atoms with Crippen LogP contribution >= 0.6 is 0 Å². The van der Waals surface area contributed by atoms with Crippen molar-refractivity contribution < 1.29 is 62.1 Å². The summed E-state index contributed by atoms with van der Waals surface area (Å²) in [6, 6.07) is 8.62. The smallest absolute Gasteiger partial charge is 0.490 e. The van der Waals surface area contributed by atoms with Gasteiger partial charge in [-0.15, -0.1) is 0 Å². The third-order valence-corrected chi connectivity index (χ3v) is 10.8. The van der Waals surface area contributed by atoms with Gasteiger partial charge in [0, 0.05) is 45.2 Å². The summed E-state index contributed by atoms with van der Waals surface area (Å²) in [5, 5.41) is 40.2. The number of guanidine groups is 1. The second-order valence-electron chi connectivity index (χ2n) is 17.1. The lowest BCUT2D eigenvalue weighted by Crippen LogP contribution is -2.60. The number of aliphatic hydroxyl groups excluding tert-OH is 1. The Morgan fingerprint density at radius 2 is 1.42 bits per heavy atom. The van der Waals surface area contributed by atoms with Crippen LogP contribution in [0.1, 0.15) is 69.7 Å². The number of hydrogen-bond donors (Lipinski definition) is 11. The van der Waals surface area contributed by atoms with Gasteiger partial charge in [0.25, 0.3) is 0 Å². The number of aliphatic carboxylic acids is 1. The Morgan fingerprint density at radius 1 is 0.845 bits per heavy atom. The van der Waals surface area contributed by atoms with Crippen molar-refractivity contribution in [2.45, 2.75) is 115 Å². The van der Waals surface area contributed by atoms with E-state index in [0.29, 0.717) is 50.2 Å². The molecule has 1 fully saturated rings. The van der Waals surface area contributed by atoms with Crippen molar-refractivity contribution >= 4 is 47.4 Å². The van der Waals surface area contributed by atoms with Crippen LogP contribution in [0, 0.1) is 5.92 Å². The number of likely N-dealkylation sites (N-methyl/N-ethyl adjacent to an activating group) is 1. The molecule has 1 aromatic heterocycles.